The first-order chi connectivity index (χ1) is 12.7. The minimum Gasteiger partial charge on any atom is -0.376 e. The molecular weight excluding hydrogens is 344 g/mol. The summed E-state index contributed by atoms with van der Waals surface area (Å²) in [6.45, 7) is 3.59. The van der Waals surface area contributed by atoms with Gasteiger partial charge in [-0.25, -0.2) is 4.79 Å². The molecule has 0 bridgehead atoms. The lowest BCUT2D eigenvalue weighted by molar-refractivity contribution is 0.0947. The van der Waals surface area contributed by atoms with Crippen molar-refractivity contribution in [1.82, 2.24) is 9.55 Å². The summed E-state index contributed by atoms with van der Waals surface area (Å²) in [5.74, 6) is 0.857. The van der Waals surface area contributed by atoms with Gasteiger partial charge in [0, 0.05) is 23.6 Å². The molecule has 4 rings (SSSR count). The van der Waals surface area contributed by atoms with E-state index in [0.717, 1.165) is 49.5 Å². The third kappa shape index (κ3) is 3.89. The lowest BCUT2D eigenvalue weighted by Gasteiger charge is -2.24. The Hall–Kier alpha value is -1.59. The molecule has 1 aromatic heterocycles. The van der Waals surface area contributed by atoms with Gasteiger partial charge in [0.15, 0.2) is 0 Å². The molecule has 1 aromatic carbocycles. The summed E-state index contributed by atoms with van der Waals surface area (Å²) >= 11 is 1.71. The van der Waals surface area contributed by atoms with E-state index in [-0.39, 0.29) is 11.8 Å². The van der Waals surface area contributed by atoms with Crippen LogP contribution in [0.15, 0.2) is 34.1 Å². The molecule has 1 fully saturated rings. The molecule has 26 heavy (non-hydrogen) atoms. The van der Waals surface area contributed by atoms with Crippen LogP contribution in [0.25, 0.3) is 0 Å². The lowest BCUT2D eigenvalue weighted by Crippen LogP contribution is -2.33. The SMILES string of the molecule is Cc1cccc(CSc2nc(=O)n(CC3CCCO3)c3c2CCCC3)c1. The van der Waals surface area contributed by atoms with E-state index in [1.54, 1.807) is 11.8 Å². The van der Waals surface area contributed by atoms with Crippen molar-refractivity contribution in [2.24, 2.45) is 0 Å². The highest BCUT2D eigenvalue weighted by Crippen LogP contribution is 2.31. The smallest absolute Gasteiger partial charge is 0.348 e. The predicted octanol–water partition coefficient (Wildman–Crippen LogP) is 3.90. The standard InChI is InChI=1S/C21H26N2O2S/c1-15-6-4-7-16(12-15)14-26-20-18-9-2-3-10-19(18)23(21(24)22-20)13-17-8-5-11-25-17/h4,6-7,12,17H,2-3,5,8-11,13-14H2,1H3. The molecule has 1 unspecified atom stereocenters. The predicted molar refractivity (Wildman–Crippen MR) is 105 cm³/mol. The molecule has 0 radical (unpaired) electrons. The summed E-state index contributed by atoms with van der Waals surface area (Å²) < 4.78 is 7.66. The van der Waals surface area contributed by atoms with Crippen molar-refractivity contribution >= 4 is 11.8 Å². The summed E-state index contributed by atoms with van der Waals surface area (Å²) in [6, 6.07) is 8.55. The Morgan fingerprint density at radius 1 is 1.27 bits per heavy atom. The Balaban J connectivity index is 1.60. The molecule has 2 aromatic rings. The molecule has 0 amide bonds. The Labute approximate surface area is 159 Å². The average molecular weight is 371 g/mol. The lowest BCUT2D eigenvalue weighted by atomic mass is 9.97. The van der Waals surface area contributed by atoms with Gasteiger partial charge in [-0.3, -0.25) is 4.57 Å². The van der Waals surface area contributed by atoms with Gasteiger partial charge in [0.2, 0.25) is 0 Å². The van der Waals surface area contributed by atoms with Crippen LogP contribution in [0.4, 0.5) is 0 Å². The molecule has 1 aliphatic heterocycles. The number of thioether (sulfide) groups is 1. The highest BCUT2D eigenvalue weighted by atomic mass is 32.2. The maximum Gasteiger partial charge on any atom is 0.348 e. The molecule has 1 aliphatic carbocycles. The Kier molecular flexibility index (Phi) is 5.46. The zero-order chi connectivity index (χ0) is 17.9. The highest BCUT2D eigenvalue weighted by molar-refractivity contribution is 7.98. The molecule has 0 spiro atoms. The molecule has 1 saturated heterocycles. The Bertz CT molecular complexity index is 840. The molecule has 138 valence electrons. The average Bonchev–Trinajstić information content (AvgIpc) is 3.16. The molecule has 4 nitrogen and oxygen atoms in total. The van der Waals surface area contributed by atoms with Crippen molar-refractivity contribution in [3.63, 3.8) is 0 Å². The summed E-state index contributed by atoms with van der Waals surface area (Å²) in [4.78, 5) is 17.2. The summed E-state index contributed by atoms with van der Waals surface area (Å²) in [6.07, 6.45) is 6.67. The van der Waals surface area contributed by atoms with Crippen LogP contribution in [0.1, 0.15) is 48.1 Å². The molecule has 0 saturated carbocycles. The first kappa shape index (κ1) is 17.8. The second kappa shape index (κ2) is 7.97. The van der Waals surface area contributed by atoms with Gasteiger partial charge < -0.3 is 4.74 Å². The fraction of sp³-hybridized carbons (Fsp3) is 0.524. The number of hydrogen-bond acceptors (Lipinski definition) is 4. The van der Waals surface area contributed by atoms with Gasteiger partial charge in [-0.2, -0.15) is 4.98 Å². The monoisotopic (exact) mass is 370 g/mol. The summed E-state index contributed by atoms with van der Waals surface area (Å²) in [5, 5.41) is 0.940. The van der Waals surface area contributed by atoms with Gasteiger partial charge >= 0.3 is 5.69 Å². The number of hydrogen-bond donors (Lipinski definition) is 0. The minimum atomic E-state index is -0.104. The number of ether oxygens (including phenoxy) is 1. The second-order valence-electron chi connectivity index (χ2n) is 7.36. The van der Waals surface area contributed by atoms with E-state index in [1.165, 1.54) is 28.8 Å². The van der Waals surface area contributed by atoms with Crippen LogP contribution < -0.4 is 5.69 Å². The number of aryl methyl sites for hydroxylation is 1. The Morgan fingerprint density at radius 2 is 2.15 bits per heavy atom. The van der Waals surface area contributed by atoms with Crippen LogP contribution in [0.2, 0.25) is 0 Å². The van der Waals surface area contributed by atoms with Crippen LogP contribution in [-0.2, 0) is 29.9 Å². The van der Waals surface area contributed by atoms with Gasteiger partial charge in [0.25, 0.3) is 0 Å². The van der Waals surface area contributed by atoms with E-state index >= 15 is 0 Å². The topological polar surface area (TPSA) is 44.1 Å². The zero-order valence-corrected chi connectivity index (χ0v) is 16.2. The van der Waals surface area contributed by atoms with Gasteiger partial charge in [-0.1, -0.05) is 29.8 Å². The van der Waals surface area contributed by atoms with E-state index in [9.17, 15) is 4.79 Å². The van der Waals surface area contributed by atoms with Crippen LogP contribution >= 0.6 is 11.8 Å². The third-order valence-corrected chi connectivity index (χ3v) is 6.41. The largest absolute Gasteiger partial charge is 0.376 e. The summed E-state index contributed by atoms with van der Waals surface area (Å²) in [7, 11) is 0. The van der Waals surface area contributed by atoms with Gasteiger partial charge in [-0.05, 0) is 51.0 Å². The first-order valence-electron chi connectivity index (χ1n) is 9.63. The van der Waals surface area contributed by atoms with E-state index in [2.05, 4.69) is 36.2 Å². The van der Waals surface area contributed by atoms with Crippen LogP contribution in [-0.4, -0.2) is 22.3 Å². The fourth-order valence-electron chi connectivity index (χ4n) is 4.00. The Morgan fingerprint density at radius 3 is 2.96 bits per heavy atom. The number of benzene rings is 1. The number of rotatable bonds is 5. The summed E-state index contributed by atoms with van der Waals surface area (Å²) in [5.41, 5.74) is 4.95. The van der Waals surface area contributed by atoms with Crippen molar-refractivity contribution in [3.05, 3.63) is 57.1 Å². The fourth-order valence-corrected chi connectivity index (χ4v) is 5.02. The van der Waals surface area contributed by atoms with Crippen molar-refractivity contribution < 1.29 is 4.74 Å². The number of nitrogens with zero attached hydrogens (tertiary/aromatic N) is 2. The second-order valence-corrected chi connectivity index (χ2v) is 8.32. The van der Waals surface area contributed by atoms with Crippen molar-refractivity contribution in [2.75, 3.05) is 6.61 Å². The molecular formula is C21H26N2O2S. The number of aromatic nitrogens is 2. The van der Waals surface area contributed by atoms with Crippen LogP contribution in [0.5, 0.6) is 0 Å². The van der Waals surface area contributed by atoms with Gasteiger partial charge in [0.1, 0.15) is 5.03 Å². The first-order valence-corrected chi connectivity index (χ1v) is 10.6. The molecule has 0 N–H and O–H groups in total. The normalized spacial score (nSPS) is 19.5. The van der Waals surface area contributed by atoms with Crippen molar-refractivity contribution in [1.29, 1.82) is 0 Å². The quantitative estimate of drug-likeness (QED) is 0.591. The molecule has 2 heterocycles. The third-order valence-electron chi connectivity index (χ3n) is 5.32. The van der Waals surface area contributed by atoms with Crippen LogP contribution in [0.3, 0.4) is 0 Å². The zero-order valence-electron chi connectivity index (χ0n) is 15.4. The maximum atomic E-state index is 12.7. The van der Waals surface area contributed by atoms with Gasteiger partial charge in [-0.15, -0.1) is 11.8 Å². The van der Waals surface area contributed by atoms with E-state index in [1.807, 2.05) is 4.57 Å². The highest BCUT2D eigenvalue weighted by Gasteiger charge is 2.24. The molecule has 1 atom stereocenters. The number of fused-ring (bicyclic) bond motifs is 1. The van der Waals surface area contributed by atoms with Crippen molar-refractivity contribution in [2.45, 2.75) is 68.9 Å². The van der Waals surface area contributed by atoms with E-state index < -0.39 is 0 Å². The van der Waals surface area contributed by atoms with Crippen LogP contribution in [0, 0.1) is 6.92 Å². The maximum absolute atomic E-state index is 12.7. The van der Waals surface area contributed by atoms with E-state index in [4.69, 9.17) is 4.74 Å². The molecule has 2 aliphatic rings. The van der Waals surface area contributed by atoms with Crippen molar-refractivity contribution in [3.8, 4) is 0 Å². The van der Waals surface area contributed by atoms with E-state index in [0.29, 0.717) is 6.54 Å². The molecule has 5 heteroatoms. The van der Waals surface area contributed by atoms with Gasteiger partial charge in [0.05, 0.1) is 12.6 Å². The minimum absolute atomic E-state index is 0.104.